The lowest BCUT2D eigenvalue weighted by molar-refractivity contribution is -0.162. The predicted octanol–water partition coefficient (Wildman–Crippen LogP) is 2.99. The quantitative estimate of drug-likeness (QED) is 0.530. The average Bonchev–Trinajstić information content (AvgIpc) is 2.81. The van der Waals surface area contributed by atoms with Crippen LogP contribution in [0, 0.1) is 0 Å². The second kappa shape index (κ2) is 9.67. The summed E-state index contributed by atoms with van der Waals surface area (Å²) >= 11 is 0. The second-order valence-electron chi connectivity index (χ2n) is 8.63. The van der Waals surface area contributed by atoms with Crippen molar-refractivity contribution in [3.05, 3.63) is 42.0 Å². The zero-order chi connectivity index (χ0) is 22.7. The third-order valence-corrected chi connectivity index (χ3v) is 6.55. The molecule has 2 fully saturated rings. The number of hydrogen-bond acceptors (Lipinski definition) is 7. The fourth-order valence-corrected chi connectivity index (χ4v) is 4.63. The molecular weight excluding hydrogens is 406 g/mol. The number of hydrogen-bond donors (Lipinski definition) is 2. The number of likely N-dealkylation sites (N-methyl/N-ethyl adjacent to an activating group) is 1. The first kappa shape index (κ1) is 22.2. The number of anilines is 1. The summed E-state index contributed by atoms with van der Waals surface area (Å²) in [6.45, 7) is 0. The molecule has 2 aromatic rings. The van der Waals surface area contributed by atoms with Crippen LogP contribution in [0.4, 0.5) is 5.82 Å². The van der Waals surface area contributed by atoms with Crippen molar-refractivity contribution < 1.29 is 14.7 Å². The average molecular weight is 438 g/mol. The number of carbonyl (C=O) groups excluding carboxylic acids is 1. The Kier molecular flexibility index (Phi) is 6.72. The van der Waals surface area contributed by atoms with E-state index in [2.05, 4.69) is 27.5 Å². The van der Waals surface area contributed by atoms with Gasteiger partial charge in [-0.2, -0.15) is 0 Å². The van der Waals surface area contributed by atoms with Crippen molar-refractivity contribution in [2.24, 2.45) is 0 Å². The van der Waals surface area contributed by atoms with Crippen molar-refractivity contribution in [1.29, 1.82) is 0 Å². The minimum Gasteiger partial charge on any atom is -0.507 e. The zero-order valence-corrected chi connectivity index (χ0v) is 18.9. The topological polar surface area (TPSA) is 90.8 Å². The van der Waals surface area contributed by atoms with Gasteiger partial charge in [0, 0.05) is 43.9 Å². The van der Waals surface area contributed by atoms with Crippen molar-refractivity contribution in [3.63, 3.8) is 0 Å². The Morgan fingerprint density at radius 2 is 1.91 bits per heavy atom. The van der Waals surface area contributed by atoms with Crippen molar-refractivity contribution in [2.45, 2.75) is 50.2 Å². The van der Waals surface area contributed by atoms with Crippen molar-refractivity contribution >= 4 is 17.8 Å². The van der Waals surface area contributed by atoms with E-state index in [0.717, 1.165) is 23.7 Å². The number of hydroxylamine groups is 2. The van der Waals surface area contributed by atoms with Crippen molar-refractivity contribution in [2.75, 3.05) is 26.1 Å². The first-order chi connectivity index (χ1) is 15.4. The molecule has 3 atom stereocenters. The molecule has 2 bridgehead atoms. The number of phenols is 1. The largest absolute Gasteiger partial charge is 0.507 e. The Bertz CT molecular complexity index is 966. The first-order valence-corrected chi connectivity index (χ1v) is 11.1. The fourth-order valence-electron chi connectivity index (χ4n) is 4.63. The Morgan fingerprint density at radius 1 is 1.16 bits per heavy atom. The molecule has 2 aliphatic rings. The third-order valence-electron chi connectivity index (χ3n) is 6.55. The second-order valence-corrected chi connectivity index (χ2v) is 8.63. The molecule has 8 heteroatoms. The summed E-state index contributed by atoms with van der Waals surface area (Å²) in [6.07, 6.45) is 9.12. The lowest BCUT2D eigenvalue weighted by Crippen LogP contribution is -2.54. The normalized spacial score (nSPS) is 22.7. The van der Waals surface area contributed by atoms with Gasteiger partial charge in [0.25, 0.3) is 5.91 Å². The van der Waals surface area contributed by atoms with Crippen LogP contribution < -0.4 is 10.2 Å². The van der Waals surface area contributed by atoms with Gasteiger partial charge < -0.3 is 15.3 Å². The fraction of sp³-hybridized carbons (Fsp3) is 0.458. The van der Waals surface area contributed by atoms with E-state index in [4.69, 9.17) is 4.84 Å². The molecule has 32 heavy (non-hydrogen) atoms. The number of aromatic nitrogens is 2. The number of fused-ring (bicyclic) bond motifs is 2. The maximum absolute atomic E-state index is 11.8. The smallest absolute Gasteiger partial charge is 0.269 e. The number of carbonyl (C=O) groups is 1. The van der Waals surface area contributed by atoms with E-state index in [-0.39, 0.29) is 11.7 Å². The van der Waals surface area contributed by atoms with Gasteiger partial charge in [-0.15, -0.1) is 10.2 Å². The highest BCUT2D eigenvalue weighted by atomic mass is 16.7. The van der Waals surface area contributed by atoms with Crippen LogP contribution in [0.3, 0.4) is 0 Å². The SMILES string of the molecule is CON(C)C(=O)/C=C/c1ccc(-c2ccc(N(C)[C@H]3C[C@H]4CCC[C@@H](C3)N4)nn2)c(O)c1. The molecule has 170 valence electrons. The number of phenolic OH excluding ortho intramolecular Hbond substituents is 1. The van der Waals surface area contributed by atoms with Gasteiger partial charge in [-0.1, -0.05) is 12.5 Å². The van der Waals surface area contributed by atoms with E-state index in [0.29, 0.717) is 34.9 Å². The summed E-state index contributed by atoms with van der Waals surface area (Å²) in [5, 5.41) is 24.2. The summed E-state index contributed by atoms with van der Waals surface area (Å²) < 4.78 is 0. The molecule has 2 saturated heterocycles. The maximum atomic E-state index is 11.8. The molecule has 0 spiro atoms. The number of nitrogens with zero attached hydrogens (tertiary/aromatic N) is 4. The number of rotatable bonds is 6. The Balaban J connectivity index is 1.44. The van der Waals surface area contributed by atoms with Crippen molar-refractivity contribution in [3.8, 4) is 17.0 Å². The molecule has 2 aliphatic heterocycles. The number of benzene rings is 1. The molecule has 1 amide bonds. The molecule has 1 aromatic heterocycles. The molecule has 0 radical (unpaired) electrons. The molecule has 3 heterocycles. The zero-order valence-electron chi connectivity index (χ0n) is 18.9. The van der Waals surface area contributed by atoms with Gasteiger partial charge in [0.05, 0.1) is 12.8 Å². The van der Waals surface area contributed by atoms with Crippen LogP contribution in [0.25, 0.3) is 17.3 Å². The summed E-state index contributed by atoms with van der Waals surface area (Å²) in [7, 11) is 5.05. The van der Waals surface area contributed by atoms with Gasteiger partial charge in [0.2, 0.25) is 0 Å². The van der Waals surface area contributed by atoms with E-state index in [9.17, 15) is 9.90 Å². The number of amides is 1. The number of nitrogens with one attached hydrogen (secondary N) is 1. The van der Waals surface area contributed by atoms with Crippen LogP contribution in [0.2, 0.25) is 0 Å². The molecule has 2 N–H and O–H groups in total. The summed E-state index contributed by atoms with van der Waals surface area (Å²) in [5.74, 6) is 0.638. The van der Waals surface area contributed by atoms with E-state index >= 15 is 0 Å². The standard InChI is InChI=1S/C24H31N5O3/c1-28(19-14-17-5-4-6-18(15-19)25-17)23-11-10-21(26-27-23)20-9-7-16(13-22(20)30)8-12-24(31)29(2)32-3/h7-13,17-19,25,30H,4-6,14-15H2,1-3H3/b12-8+/t17-,18+,19+. The van der Waals surface area contributed by atoms with E-state index in [1.54, 1.807) is 18.2 Å². The minimum absolute atomic E-state index is 0.0845. The molecule has 0 unspecified atom stereocenters. The number of aromatic hydroxyl groups is 1. The van der Waals surface area contributed by atoms with Gasteiger partial charge in [-0.25, -0.2) is 5.06 Å². The molecular formula is C24H31N5O3. The van der Waals surface area contributed by atoms with E-state index < -0.39 is 0 Å². The molecule has 0 aliphatic carbocycles. The molecule has 0 saturated carbocycles. The monoisotopic (exact) mass is 437 g/mol. The summed E-state index contributed by atoms with van der Waals surface area (Å²) in [4.78, 5) is 18.9. The number of piperidine rings is 2. The highest BCUT2D eigenvalue weighted by Crippen LogP contribution is 2.32. The minimum atomic E-state index is -0.293. The molecule has 8 nitrogen and oxygen atoms in total. The van der Waals surface area contributed by atoms with Gasteiger partial charge in [-0.05, 0) is 61.6 Å². The summed E-state index contributed by atoms with van der Waals surface area (Å²) in [5.41, 5.74) is 1.90. The van der Waals surface area contributed by atoms with Crippen molar-refractivity contribution in [1.82, 2.24) is 20.6 Å². The van der Waals surface area contributed by atoms with Crippen LogP contribution in [-0.2, 0) is 9.63 Å². The molecule has 1 aromatic carbocycles. The lowest BCUT2D eigenvalue weighted by Gasteiger charge is -2.43. The summed E-state index contributed by atoms with van der Waals surface area (Å²) in [6, 6.07) is 10.7. The highest BCUT2D eigenvalue weighted by molar-refractivity contribution is 5.91. The molecule has 4 rings (SSSR count). The van der Waals surface area contributed by atoms with Crippen LogP contribution in [0.5, 0.6) is 5.75 Å². The van der Waals surface area contributed by atoms with Crippen LogP contribution in [0.15, 0.2) is 36.4 Å². The Labute approximate surface area is 188 Å². The van der Waals surface area contributed by atoms with Crippen LogP contribution in [0.1, 0.15) is 37.7 Å². The Hall–Kier alpha value is -2.97. The van der Waals surface area contributed by atoms with Gasteiger partial charge in [-0.3, -0.25) is 9.63 Å². The van der Waals surface area contributed by atoms with E-state index in [1.807, 2.05) is 18.2 Å². The van der Waals surface area contributed by atoms with Gasteiger partial charge in [0.15, 0.2) is 5.82 Å². The van der Waals surface area contributed by atoms with Gasteiger partial charge >= 0.3 is 0 Å². The first-order valence-electron chi connectivity index (χ1n) is 11.1. The highest BCUT2D eigenvalue weighted by Gasteiger charge is 2.33. The van der Waals surface area contributed by atoms with Gasteiger partial charge in [0.1, 0.15) is 5.75 Å². The van der Waals surface area contributed by atoms with E-state index in [1.165, 1.54) is 39.5 Å². The predicted molar refractivity (Wildman–Crippen MR) is 124 cm³/mol. The van der Waals surface area contributed by atoms with Crippen LogP contribution in [-0.4, -0.2) is 65.6 Å². The van der Waals surface area contributed by atoms with Crippen LogP contribution >= 0.6 is 0 Å². The third kappa shape index (κ3) is 4.92. The maximum Gasteiger partial charge on any atom is 0.269 e. The lowest BCUT2D eigenvalue weighted by atomic mass is 9.83. The Morgan fingerprint density at radius 3 is 2.53 bits per heavy atom.